The fourth-order valence-electron chi connectivity index (χ4n) is 1.72. The van der Waals surface area contributed by atoms with Crippen LogP contribution in [0, 0.1) is 12.3 Å². The van der Waals surface area contributed by atoms with Crippen molar-refractivity contribution in [2.75, 3.05) is 0 Å². The third-order valence-corrected chi connectivity index (χ3v) is 2.21. The fraction of sp³-hybridized carbons (Fsp3) is 0.917. The number of unbranched alkanes of at least 4 members (excludes halogenated alkanes) is 3. The lowest BCUT2D eigenvalue weighted by Crippen LogP contribution is -2.26. The molecule has 1 unspecified atom stereocenters. The van der Waals surface area contributed by atoms with Crippen molar-refractivity contribution in [1.29, 1.82) is 0 Å². The summed E-state index contributed by atoms with van der Waals surface area (Å²) < 4.78 is 0. The van der Waals surface area contributed by atoms with Crippen molar-refractivity contribution in [2.24, 2.45) is 5.92 Å². The molecule has 0 bridgehead atoms. The molecule has 0 heterocycles. The standard InChI is InChI=1S/C12H25O/c1-5-6-7-8-9-12(4,13)10-11(2)3/h9,11,13H,5-8,10H2,1-4H3. The van der Waals surface area contributed by atoms with Gasteiger partial charge >= 0.3 is 0 Å². The molecule has 1 N–H and O–H groups in total. The summed E-state index contributed by atoms with van der Waals surface area (Å²) in [6, 6.07) is 0. The van der Waals surface area contributed by atoms with E-state index in [0.717, 1.165) is 12.8 Å². The smallest absolute Gasteiger partial charge is 0.0653 e. The maximum Gasteiger partial charge on any atom is 0.0653 e. The highest BCUT2D eigenvalue weighted by Gasteiger charge is 2.20. The molecular formula is C12H25O. The third-order valence-electron chi connectivity index (χ3n) is 2.21. The van der Waals surface area contributed by atoms with Gasteiger partial charge in [-0.25, -0.2) is 0 Å². The first kappa shape index (κ1) is 13.0. The summed E-state index contributed by atoms with van der Waals surface area (Å²) in [6.45, 7) is 8.41. The molecule has 0 aliphatic carbocycles. The van der Waals surface area contributed by atoms with Gasteiger partial charge in [0.05, 0.1) is 5.60 Å². The maximum atomic E-state index is 9.93. The Kier molecular flexibility index (Phi) is 6.40. The highest BCUT2D eigenvalue weighted by atomic mass is 16.3. The topological polar surface area (TPSA) is 20.2 Å². The van der Waals surface area contributed by atoms with Gasteiger partial charge in [0.25, 0.3) is 0 Å². The van der Waals surface area contributed by atoms with E-state index in [1.54, 1.807) is 0 Å². The Bertz CT molecular complexity index is 116. The quantitative estimate of drug-likeness (QED) is 0.601. The van der Waals surface area contributed by atoms with E-state index in [0.29, 0.717) is 5.92 Å². The van der Waals surface area contributed by atoms with E-state index >= 15 is 0 Å². The summed E-state index contributed by atoms with van der Waals surface area (Å²) >= 11 is 0. The molecule has 79 valence electrons. The second kappa shape index (κ2) is 6.42. The van der Waals surface area contributed by atoms with Gasteiger partial charge in [0, 0.05) is 0 Å². The average molecular weight is 185 g/mol. The van der Waals surface area contributed by atoms with Gasteiger partial charge in [0.1, 0.15) is 0 Å². The predicted molar refractivity (Wildman–Crippen MR) is 58.5 cm³/mol. The monoisotopic (exact) mass is 185 g/mol. The van der Waals surface area contributed by atoms with Crippen LogP contribution in [0.25, 0.3) is 0 Å². The minimum absolute atomic E-state index is 0.554. The lowest BCUT2D eigenvalue weighted by molar-refractivity contribution is 0.0673. The van der Waals surface area contributed by atoms with Gasteiger partial charge in [0.15, 0.2) is 0 Å². The van der Waals surface area contributed by atoms with E-state index in [2.05, 4.69) is 27.2 Å². The van der Waals surface area contributed by atoms with Crippen molar-refractivity contribution >= 4 is 0 Å². The van der Waals surface area contributed by atoms with Crippen molar-refractivity contribution in [3.05, 3.63) is 6.42 Å². The molecule has 0 aliphatic rings. The van der Waals surface area contributed by atoms with Crippen LogP contribution in [0.5, 0.6) is 0 Å². The normalized spacial score (nSPS) is 16.2. The molecule has 0 aromatic heterocycles. The number of aliphatic hydroxyl groups is 1. The molecule has 0 saturated heterocycles. The van der Waals surface area contributed by atoms with Crippen molar-refractivity contribution in [3.8, 4) is 0 Å². The Morgan fingerprint density at radius 3 is 2.38 bits per heavy atom. The van der Waals surface area contributed by atoms with Crippen LogP contribution in [0.2, 0.25) is 0 Å². The highest BCUT2D eigenvalue weighted by Crippen LogP contribution is 2.21. The van der Waals surface area contributed by atoms with Gasteiger partial charge in [-0.3, -0.25) is 0 Å². The van der Waals surface area contributed by atoms with Crippen LogP contribution in [0.3, 0.4) is 0 Å². The molecule has 1 heteroatoms. The minimum Gasteiger partial charge on any atom is -0.390 e. The van der Waals surface area contributed by atoms with Crippen LogP contribution in [-0.4, -0.2) is 10.7 Å². The number of hydrogen-bond acceptors (Lipinski definition) is 1. The number of hydrogen-bond donors (Lipinski definition) is 1. The highest BCUT2D eigenvalue weighted by molar-refractivity contribution is 4.89. The van der Waals surface area contributed by atoms with E-state index in [1.165, 1.54) is 19.3 Å². The summed E-state index contributed by atoms with van der Waals surface area (Å²) in [7, 11) is 0. The third kappa shape index (κ3) is 8.29. The zero-order valence-electron chi connectivity index (χ0n) is 9.64. The van der Waals surface area contributed by atoms with Crippen LogP contribution in [0.4, 0.5) is 0 Å². The van der Waals surface area contributed by atoms with Crippen molar-refractivity contribution in [1.82, 2.24) is 0 Å². The molecule has 13 heavy (non-hydrogen) atoms. The molecule has 1 nitrogen and oxygen atoms in total. The average Bonchev–Trinajstić information content (AvgIpc) is 1.95. The lowest BCUT2D eigenvalue weighted by atomic mass is 9.89. The molecule has 1 radical (unpaired) electrons. The van der Waals surface area contributed by atoms with Gasteiger partial charge in [-0.05, 0) is 32.1 Å². The first-order chi connectivity index (χ1) is 5.98. The lowest BCUT2D eigenvalue weighted by Gasteiger charge is -2.24. The Morgan fingerprint density at radius 2 is 1.92 bits per heavy atom. The molecule has 0 aromatic rings. The second-order valence-corrected chi connectivity index (χ2v) is 4.66. The first-order valence-corrected chi connectivity index (χ1v) is 5.54. The molecular weight excluding hydrogens is 160 g/mol. The van der Waals surface area contributed by atoms with Gasteiger partial charge in [-0.15, -0.1) is 0 Å². The second-order valence-electron chi connectivity index (χ2n) is 4.66. The predicted octanol–water partition coefficient (Wildman–Crippen LogP) is 3.57. The SMILES string of the molecule is CCCCC[CH]C(C)(O)CC(C)C. The molecule has 0 aliphatic heterocycles. The Balaban J connectivity index is 3.50. The zero-order valence-corrected chi connectivity index (χ0v) is 9.64. The van der Waals surface area contributed by atoms with Crippen molar-refractivity contribution in [2.45, 2.75) is 65.4 Å². The van der Waals surface area contributed by atoms with Gasteiger partial charge in [0.2, 0.25) is 0 Å². The summed E-state index contributed by atoms with van der Waals surface area (Å²) in [4.78, 5) is 0. The molecule has 0 fully saturated rings. The van der Waals surface area contributed by atoms with Crippen molar-refractivity contribution in [3.63, 3.8) is 0 Å². The Labute approximate surface area is 83.5 Å². The van der Waals surface area contributed by atoms with Gasteiger partial charge < -0.3 is 5.11 Å². The Morgan fingerprint density at radius 1 is 1.31 bits per heavy atom. The van der Waals surface area contributed by atoms with Crippen LogP contribution in [0.1, 0.15) is 59.8 Å². The van der Waals surface area contributed by atoms with E-state index in [1.807, 2.05) is 6.92 Å². The summed E-state index contributed by atoms with van der Waals surface area (Å²) in [5, 5.41) is 9.93. The first-order valence-electron chi connectivity index (χ1n) is 5.54. The summed E-state index contributed by atoms with van der Waals surface area (Å²) in [5.74, 6) is 0.567. The van der Waals surface area contributed by atoms with E-state index in [4.69, 9.17) is 0 Å². The molecule has 0 saturated carbocycles. The van der Waals surface area contributed by atoms with Crippen LogP contribution < -0.4 is 0 Å². The minimum atomic E-state index is -0.554. The zero-order chi connectivity index (χ0) is 10.3. The van der Waals surface area contributed by atoms with Crippen LogP contribution in [-0.2, 0) is 0 Å². The molecule has 1 atom stereocenters. The Hall–Kier alpha value is -0.0400. The maximum absolute atomic E-state index is 9.93. The summed E-state index contributed by atoms with van der Waals surface area (Å²) in [6.07, 6.45) is 7.73. The molecule has 0 spiro atoms. The van der Waals surface area contributed by atoms with Crippen LogP contribution >= 0.6 is 0 Å². The summed E-state index contributed by atoms with van der Waals surface area (Å²) in [5.41, 5.74) is -0.554. The number of rotatable bonds is 7. The van der Waals surface area contributed by atoms with E-state index < -0.39 is 5.60 Å². The van der Waals surface area contributed by atoms with Gasteiger partial charge in [-0.1, -0.05) is 40.0 Å². The van der Waals surface area contributed by atoms with Crippen molar-refractivity contribution < 1.29 is 5.11 Å². The van der Waals surface area contributed by atoms with Gasteiger partial charge in [-0.2, -0.15) is 0 Å². The molecule has 0 amide bonds. The van der Waals surface area contributed by atoms with E-state index in [9.17, 15) is 5.11 Å². The molecule has 0 aromatic carbocycles. The fourth-order valence-corrected chi connectivity index (χ4v) is 1.72. The van der Waals surface area contributed by atoms with E-state index in [-0.39, 0.29) is 0 Å². The molecule has 0 rings (SSSR count). The van der Waals surface area contributed by atoms with Crippen LogP contribution in [0.15, 0.2) is 0 Å². The largest absolute Gasteiger partial charge is 0.390 e.